The second-order valence-electron chi connectivity index (χ2n) is 8.53. The number of oxazole rings is 1. The van der Waals surface area contributed by atoms with Crippen LogP contribution in [-0.2, 0) is 6.54 Å². The maximum atomic E-state index is 13.2. The second-order valence-corrected chi connectivity index (χ2v) is 8.53. The third-order valence-electron chi connectivity index (χ3n) is 6.33. The maximum absolute atomic E-state index is 13.2. The number of hydrogen-bond donors (Lipinski definition) is 1. The Balaban J connectivity index is 1.46. The van der Waals surface area contributed by atoms with Crippen molar-refractivity contribution in [2.24, 2.45) is 0 Å². The highest BCUT2D eigenvalue weighted by atomic mass is 16.3. The lowest BCUT2D eigenvalue weighted by atomic mass is 9.93. The fourth-order valence-electron chi connectivity index (χ4n) is 4.65. The normalized spacial score (nSPS) is 18.1. The number of rotatable bonds is 6. The van der Waals surface area contributed by atoms with Gasteiger partial charge >= 0.3 is 0 Å². The van der Waals surface area contributed by atoms with Crippen LogP contribution in [0.1, 0.15) is 90.9 Å². The van der Waals surface area contributed by atoms with E-state index in [0.717, 1.165) is 51.4 Å². The first-order valence-electron chi connectivity index (χ1n) is 11.3. The summed E-state index contributed by atoms with van der Waals surface area (Å²) >= 11 is 0. The number of nitrogens with one attached hydrogen (secondary N) is 1. The molecule has 1 heterocycles. The van der Waals surface area contributed by atoms with E-state index in [-0.39, 0.29) is 30.4 Å². The zero-order chi connectivity index (χ0) is 20.8. The number of aromatic nitrogens is 1. The van der Waals surface area contributed by atoms with Crippen LogP contribution < -0.4 is 5.32 Å². The third kappa shape index (κ3) is 5.10. The van der Waals surface area contributed by atoms with Gasteiger partial charge in [0.2, 0.25) is 5.89 Å². The second kappa shape index (κ2) is 9.92. The molecule has 160 valence electrons. The molecule has 0 unspecified atom stereocenters. The summed E-state index contributed by atoms with van der Waals surface area (Å²) < 4.78 is 5.62. The highest BCUT2D eigenvalue weighted by Crippen LogP contribution is 2.26. The number of carbonyl (C=O) groups excluding carboxylic acids is 2. The molecule has 0 spiro atoms. The average Bonchev–Trinajstić information content (AvgIpc) is 3.28. The summed E-state index contributed by atoms with van der Waals surface area (Å²) in [5.74, 6) is 0.225. The van der Waals surface area contributed by atoms with Gasteiger partial charge in [-0.1, -0.05) is 56.7 Å². The Labute approximate surface area is 178 Å². The van der Waals surface area contributed by atoms with E-state index in [2.05, 4.69) is 10.3 Å². The van der Waals surface area contributed by atoms with Crippen LogP contribution in [0.3, 0.4) is 0 Å². The van der Waals surface area contributed by atoms with Gasteiger partial charge in [-0.25, -0.2) is 4.98 Å². The van der Waals surface area contributed by atoms with Gasteiger partial charge in [0.05, 0.1) is 6.54 Å². The lowest BCUT2D eigenvalue weighted by Gasteiger charge is -2.33. The van der Waals surface area contributed by atoms with E-state index < -0.39 is 0 Å². The van der Waals surface area contributed by atoms with Crippen LogP contribution in [-0.4, -0.2) is 33.8 Å². The Morgan fingerprint density at radius 2 is 1.63 bits per heavy atom. The molecule has 2 aliphatic carbocycles. The smallest absolute Gasteiger partial charge is 0.273 e. The minimum atomic E-state index is -0.185. The topological polar surface area (TPSA) is 75.4 Å². The Morgan fingerprint density at radius 1 is 0.967 bits per heavy atom. The van der Waals surface area contributed by atoms with Crippen LogP contribution in [0.15, 0.2) is 41.0 Å². The van der Waals surface area contributed by atoms with Crippen molar-refractivity contribution in [1.29, 1.82) is 0 Å². The molecule has 2 aromatic rings. The van der Waals surface area contributed by atoms with Gasteiger partial charge in [0, 0.05) is 17.6 Å². The molecule has 0 aliphatic heterocycles. The van der Waals surface area contributed by atoms with Crippen molar-refractivity contribution in [2.45, 2.75) is 82.8 Å². The van der Waals surface area contributed by atoms with E-state index in [1.54, 1.807) is 0 Å². The number of hydrogen-bond acceptors (Lipinski definition) is 4. The molecule has 30 heavy (non-hydrogen) atoms. The monoisotopic (exact) mass is 409 g/mol. The van der Waals surface area contributed by atoms with Crippen molar-refractivity contribution < 1.29 is 14.0 Å². The zero-order valence-electron chi connectivity index (χ0n) is 17.5. The van der Waals surface area contributed by atoms with Crippen LogP contribution in [0.4, 0.5) is 0 Å². The van der Waals surface area contributed by atoms with Crippen LogP contribution in [0.2, 0.25) is 0 Å². The molecule has 2 saturated carbocycles. The molecule has 2 amide bonds. The fourth-order valence-corrected chi connectivity index (χ4v) is 4.65. The standard InChI is InChI=1S/C24H31N3O3/c28-23(25-19-12-6-2-7-13-19)21-17-30-22(26-21)16-27(20-14-8-3-9-15-20)24(29)18-10-4-1-5-11-18/h1,4-5,10-11,17,19-20H,2-3,6-9,12-16H2,(H,25,28). The minimum absolute atomic E-state index is 0.00564. The van der Waals surface area contributed by atoms with E-state index in [0.29, 0.717) is 17.1 Å². The third-order valence-corrected chi connectivity index (χ3v) is 6.33. The Morgan fingerprint density at radius 3 is 2.33 bits per heavy atom. The van der Waals surface area contributed by atoms with Gasteiger partial charge in [0.1, 0.15) is 6.26 Å². The number of nitrogens with zero attached hydrogens (tertiary/aromatic N) is 2. The SMILES string of the molecule is O=C(NC1CCCCC1)c1coc(CN(C(=O)c2ccccc2)C2CCCCC2)n1. The highest BCUT2D eigenvalue weighted by Gasteiger charge is 2.28. The van der Waals surface area contributed by atoms with Crippen molar-refractivity contribution >= 4 is 11.8 Å². The molecule has 4 rings (SSSR count). The lowest BCUT2D eigenvalue weighted by Crippen LogP contribution is -2.41. The summed E-state index contributed by atoms with van der Waals surface area (Å²) in [6, 6.07) is 9.76. The number of benzene rings is 1. The fraction of sp³-hybridized carbons (Fsp3) is 0.542. The summed E-state index contributed by atoms with van der Waals surface area (Å²) in [5, 5.41) is 3.07. The summed E-state index contributed by atoms with van der Waals surface area (Å²) in [5.41, 5.74) is 0.969. The molecule has 6 heteroatoms. The van der Waals surface area contributed by atoms with E-state index in [1.807, 2.05) is 35.2 Å². The van der Waals surface area contributed by atoms with Crippen molar-refractivity contribution in [2.75, 3.05) is 0 Å². The van der Waals surface area contributed by atoms with E-state index in [4.69, 9.17) is 4.42 Å². The van der Waals surface area contributed by atoms with Gasteiger partial charge in [0.25, 0.3) is 11.8 Å². The molecule has 0 saturated heterocycles. The number of amides is 2. The molecule has 0 atom stereocenters. The van der Waals surface area contributed by atoms with Gasteiger partial charge < -0.3 is 14.6 Å². The van der Waals surface area contributed by atoms with Crippen LogP contribution in [0, 0.1) is 0 Å². The summed E-state index contributed by atoms with van der Waals surface area (Å²) in [6.45, 7) is 0.287. The minimum Gasteiger partial charge on any atom is -0.446 e. The molecule has 2 aliphatic rings. The lowest BCUT2D eigenvalue weighted by molar-refractivity contribution is 0.0592. The molecule has 1 N–H and O–H groups in total. The highest BCUT2D eigenvalue weighted by molar-refractivity contribution is 5.94. The first kappa shape index (κ1) is 20.6. The van der Waals surface area contributed by atoms with Crippen molar-refractivity contribution in [1.82, 2.24) is 15.2 Å². The summed E-state index contributed by atoms with van der Waals surface area (Å²) in [6.07, 6.45) is 12.5. The van der Waals surface area contributed by atoms with E-state index in [9.17, 15) is 9.59 Å². The van der Waals surface area contributed by atoms with Gasteiger partial charge in [0.15, 0.2) is 5.69 Å². The van der Waals surface area contributed by atoms with Crippen LogP contribution in [0.5, 0.6) is 0 Å². The molecule has 0 radical (unpaired) electrons. The van der Waals surface area contributed by atoms with Crippen molar-refractivity contribution in [3.05, 3.63) is 53.7 Å². The molecule has 1 aromatic carbocycles. The van der Waals surface area contributed by atoms with Gasteiger partial charge in [-0.3, -0.25) is 9.59 Å². The van der Waals surface area contributed by atoms with Crippen LogP contribution in [0.25, 0.3) is 0 Å². The quantitative estimate of drug-likeness (QED) is 0.749. The van der Waals surface area contributed by atoms with Crippen molar-refractivity contribution in [3.63, 3.8) is 0 Å². The predicted octanol–water partition coefficient (Wildman–Crippen LogP) is 4.71. The maximum Gasteiger partial charge on any atom is 0.273 e. The Kier molecular flexibility index (Phi) is 6.82. The molecule has 1 aromatic heterocycles. The van der Waals surface area contributed by atoms with E-state index >= 15 is 0 Å². The average molecular weight is 410 g/mol. The Hall–Kier alpha value is -2.63. The Bertz CT molecular complexity index is 836. The first-order valence-corrected chi connectivity index (χ1v) is 11.3. The van der Waals surface area contributed by atoms with Gasteiger partial charge in [-0.15, -0.1) is 0 Å². The van der Waals surface area contributed by atoms with Crippen molar-refractivity contribution in [3.8, 4) is 0 Å². The summed E-state index contributed by atoms with van der Waals surface area (Å²) in [7, 11) is 0. The van der Waals surface area contributed by atoms with Gasteiger partial charge in [-0.2, -0.15) is 0 Å². The zero-order valence-corrected chi connectivity index (χ0v) is 17.5. The molecule has 0 bridgehead atoms. The molecule has 2 fully saturated rings. The first-order chi connectivity index (χ1) is 14.7. The largest absolute Gasteiger partial charge is 0.446 e. The molecule has 6 nitrogen and oxygen atoms in total. The van der Waals surface area contributed by atoms with Crippen LogP contribution >= 0.6 is 0 Å². The number of carbonyl (C=O) groups is 2. The predicted molar refractivity (Wildman–Crippen MR) is 114 cm³/mol. The van der Waals surface area contributed by atoms with E-state index in [1.165, 1.54) is 19.1 Å². The van der Waals surface area contributed by atoms with Gasteiger partial charge in [-0.05, 0) is 37.8 Å². The molecular weight excluding hydrogens is 378 g/mol. The molecular formula is C24H31N3O3. The summed E-state index contributed by atoms with van der Waals surface area (Å²) in [4.78, 5) is 32.1.